The molecule has 0 unspecified atom stereocenters. The van der Waals surface area contributed by atoms with Crippen molar-refractivity contribution in [3.63, 3.8) is 0 Å². The van der Waals surface area contributed by atoms with Crippen LogP contribution >= 0.6 is 0 Å². The standard InChI is InChI=1S/C13H26N2O4/c1-6-19-12(17)10-15(7-8-18-5)11(16)9-14-13(2,3)4/h14H,6-10H2,1-5H3. The van der Waals surface area contributed by atoms with Gasteiger partial charge >= 0.3 is 5.97 Å². The van der Waals surface area contributed by atoms with E-state index in [1.165, 1.54) is 4.90 Å². The lowest BCUT2D eigenvalue weighted by Gasteiger charge is -2.25. The molecule has 6 heteroatoms. The second-order valence-electron chi connectivity index (χ2n) is 5.22. The number of amides is 1. The number of nitrogens with zero attached hydrogens (tertiary/aromatic N) is 1. The summed E-state index contributed by atoms with van der Waals surface area (Å²) in [5.41, 5.74) is -0.146. The number of hydrogen-bond acceptors (Lipinski definition) is 5. The van der Waals surface area contributed by atoms with Gasteiger partial charge in [-0.1, -0.05) is 0 Å². The molecule has 0 saturated heterocycles. The molecule has 19 heavy (non-hydrogen) atoms. The fraction of sp³-hybridized carbons (Fsp3) is 0.846. The van der Waals surface area contributed by atoms with Crippen molar-refractivity contribution in [2.24, 2.45) is 0 Å². The van der Waals surface area contributed by atoms with Crippen LogP contribution in [0.2, 0.25) is 0 Å². The van der Waals surface area contributed by atoms with E-state index >= 15 is 0 Å². The second kappa shape index (κ2) is 8.87. The molecule has 6 nitrogen and oxygen atoms in total. The fourth-order valence-electron chi connectivity index (χ4n) is 1.31. The van der Waals surface area contributed by atoms with Crippen LogP contribution < -0.4 is 5.32 Å². The van der Waals surface area contributed by atoms with Crippen LogP contribution in [0.5, 0.6) is 0 Å². The number of carbonyl (C=O) groups is 2. The monoisotopic (exact) mass is 274 g/mol. The maximum atomic E-state index is 12.0. The molecule has 1 amide bonds. The van der Waals surface area contributed by atoms with Gasteiger partial charge in [0.15, 0.2) is 0 Å². The highest BCUT2D eigenvalue weighted by Crippen LogP contribution is 1.99. The van der Waals surface area contributed by atoms with Gasteiger partial charge in [0.25, 0.3) is 0 Å². The zero-order chi connectivity index (χ0) is 14.9. The van der Waals surface area contributed by atoms with Crippen LogP contribution in [0, 0.1) is 0 Å². The lowest BCUT2D eigenvalue weighted by molar-refractivity contribution is -0.149. The molecule has 0 aromatic heterocycles. The van der Waals surface area contributed by atoms with E-state index in [0.717, 1.165) is 0 Å². The molecule has 0 aliphatic heterocycles. The average Bonchev–Trinajstić information content (AvgIpc) is 2.30. The average molecular weight is 274 g/mol. The number of hydrogen-bond donors (Lipinski definition) is 1. The number of ether oxygens (including phenoxy) is 2. The van der Waals surface area contributed by atoms with Crippen LogP contribution in [0.25, 0.3) is 0 Å². The lowest BCUT2D eigenvalue weighted by atomic mass is 10.1. The van der Waals surface area contributed by atoms with Gasteiger partial charge in [-0.2, -0.15) is 0 Å². The minimum Gasteiger partial charge on any atom is -0.465 e. The van der Waals surface area contributed by atoms with Crippen molar-refractivity contribution < 1.29 is 19.1 Å². The first-order valence-corrected chi connectivity index (χ1v) is 6.47. The van der Waals surface area contributed by atoms with Crippen molar-refractivity contribution in [2.75, 3.05) is 40.0 Å². The molecule has 0 aromatic carbocycles. The highest BCUT2D eigenvalue weighted by Gasteiger charge is 2.19. The predicted molar refractivity (Wildman–Crippen MR) is 72.8 cm³/mol. The van der Waals surface area contributed by atoms with E-state index < -0.39 is 5.97 Å². The van der Waals surface area contributed by atoms with E-state index in [4.69, 9.17) is 9.47 Å². The van der Waals surface area contributed by atoms with E-state index in [2.05, 4.69) is 5.32 Å². The molecule has 0 rings (SSSR count). The largest absolute Gasteiger partial charge is 0.465 e. The minimum absolute atomic E-state index is 0.0398. The van der Waals surface area contributed by atoms with Crippen LogP contribution in [-0.2, 0) is 19.1 Å². The van der Waals surface area contributed by atoms with E-state index in [0.29, 0.717) is 19.8 Å². The number of nitrogens with one attached hydrogen (secondary N) is 1. The molecule has 0 spiro atoms. The summed E-state index contributed by atoms with van der Waals surface area (Å²) in [7, 11) is 1.56. The summed E-state index contributed by atoms with van der Waals surface area (Å²) < 4.78 is 9.80. The van der Waals surface area contributed by atoms with Crippen molar-refractivity contribution in [2.45, 2.75) is 33.2 Å². The summed E-state index contributed by atoms with van der Waals surface area (Å²) in [4.78, 5) is 24.9. The van der Waals surface area contributed by atoms with E-state index in [-0.39, 0.29) is 24.5 Å². The number of methoxy groups -OCH3 is 1. The van der Waals surface area contributed by atoms with Gasteiger partial charge in [-0.25, -0.2) is 0 Å². The lowest BCUT2D eigenvalue weighted by Crippen LogP contribution is -2.47. The highest BCUT2D eigenvalue weighted by molar-refractivity contribution is 5.83. The van der Waals surface area contributed by atoms with Crippen molar-refractivity contribution in [1.82, 2.24) is 10.2 Å². The predicted octanol–water partition coefficient (Wildman–Crippen LogP) is 0.413. The molecule has 0 atom stereocenters. The molecular formula is C13H26N2O4. The normalized spacial score (nSPS) is 11.2. The van der Waals surface area contributed by atoms with Gasteiger partial charge in [0.05, 0.1) is 19.8 Å². The highest BCUT2D eigenvalue weighted by atomic mass is 16.5. The molecule has 0 aliphatic carbocycles. The Labute approximate surface area is 115 Å². The van der Waals surface area contributed by atoms with Gasteiger partial charge in [0.1, 0.15) is 6.54 Å². The van der Waals surface area contributed by atoms with Crippen molar-refractivity contribution in [3.05, 3.63) is 0 Å². The summed E-state index contributed by atoms with van der Waals surface area (Å²) in [6, 6.07) is 0. The van der Waals surface area contributed by atoms with Gasteiger partial charge in [0, 0.05) is 19.2 Å². The summed E-state index contributed by atoms with van der Waals surface area (Å²) in [6.45, 7) is 8.89. The topological polar surface area (TPSA) is 67.9 Å². The van der Waals surface area contributed by atoms with E-state index in [1.54, 1.807) is 14.0 Å². The molecule has 0 saturated carbocycles. The number of esters is 1. The van der Waals surface area contributed by atoms with Crippen LogP contribution in [0.3, 0.4) is 0 Å². The summed E-state index contributed by atoms with van der Waals surface area (Å²) in [6.07, 6.45) is 0. The Morgan fingerprint density at radius 1 is 1.26 bits per heavy atom. The molecule has 1 N–H and O–H groups in total. The molecule has 112 valence electrons. The summed E-state index contributed by atoms with van der Waals surface area (Å²) >= 11 is 0. The maximum absolute atomic E-state index is 12.0. The minimum atomic E-state index is -0.400. The molecule has 0 radical (unpaired) electrons. The van der Waals surface area contributed by atoms with Gasteiger partial charge in [-0.3, -0.25) is 9.59 Å². The molecule has 0 bridgehead atoms. The first-order valence-electron chi connectivity index (χ1n) is 6.47. The quantitative estimate of drug-likeness (QED) is 0.649. The SMILES string of the molecule is CCOC(=O)CN(CCOC)C(=O)CNC(C)(C)C. The van der Waals surface area contributed by atoms with Crippen LogP contribution in [-0.4, -0.2) is 62.3 Å². The Hall–Kier alpha value is -1.14. The van der Waals surface area contributed by atoms with Gasteiger partial charge in [-0.15, -0.1) is 0 Å². The van der Waals surface area contributed by atoms with Gasteiger partial charge < -0.3 is 19.7 Å². The van der Waals surface area contributed by atoms with Crippen LogP contribution in [0.1, 0.15) is 27.7 Å². The molecule has 0 heterocycles. The Morgan fingerprint density at radius 2 is 1.89 bits per heavy atom. The van der Waals surface area contributed by atoms with E-state index in [9.17, 15) is 9.59 Å². The van der Waals surface area contributed by atoms with E-state index in [1.807, 2.05) is 20.8 Å². The Morgan fingerprint density at radius 3 is 2.37 bits per heavy atom. The zero-order valence-electron chi connectivity index (χ0n) is 12.6. The second-order valence-corrected chi connectivity index (χ2v) is 5.22. The Kier molecular flexibility index (Phi) is 8.34. The van der Waals surface area contributed by atoms with Crippen LogP contribution in [0.4, 0.5) is 0 Å². The third-order valence-electron chi connectivity index (χ3n) is 2.31. The smallest absolute Gasteiger partial charge is 0.325 e. The van der Waals surface area contributed by atoms with Gasteiger partial charge in [0.2, 0.25) is 5.91 Å². The summed E-state index contributed by atoms with van der Waals surface area (Å²) in [5.74, 6) is -0.539. The first-order chi connectivity index (χ1) is 8.80. The van der Waals surface area contributed by atoms with Crippen molar-refractivity contribution in [1.29, 1.82) is 0 Å². The number of rotatable bonds is 8. The van der Waals surface area contributed by atoms with Crippen molar-refractivity contribution >= 4 is 11.9 Å². The van der Waals surface area contributed by atoms with Crippen LogP contribution in [0.15, 0.2) is 0 Å². The Balaban J connectivity index is 4.38. The number of carbonyl (C=O) groups excluding carboxylic acids is 2. The molecular weight excluding hydrogens is 248 g/mol. The zero-order valence-corrected chi connectivity index (χ0v) is 12.6. The summed E-state index contributed by atoms with van der Waals surface area (Å²) in [5, 5.41) is 3.10. The molecule has 0 aromatic rings. The molecule has 0 fully saturated rings. The third kappa shape index (κ3) is 9.44. The fourth-order valence-corrected chi connectivity index (χ4v) is 1.31. The van der Waals surface area contributed by atoms with Gasteiger partial charge in [-0.05, 0) is 27.7 Å². The van der Waals surface area contributed by atoms with Crippen molar-refractivity contribution in [3.8, 4) is 0 Å². The first kappa shape index (κ1) is 17.9. The maximum Gasteiger partial charge on any atom is 0.325 e. The third-order valence-corrected chi connectivity index (χ3v) is 2.31. The Bertz CT molecular complexity index is 287. The molecule has 0 aliphatic rings.